The second-order valence-electron chi connectivity index (χ2n) is 4.69. The van der Waals surface area contributed by atoms with Gasteiger partial charge in [0.05, 0.1) is 5.56 Å². The van der Waals surface area contributed by atoms with Crippen molar-refractivity contribution >= 4 is 23.0 Å². The van der Waals surface area contributed by atoms with E-state index < -0.39 is 0 Å². The first kappa shape index (κ1) is 14.5. The van der Waals surface area contributed by atoms with Crippen molar-refractivity contribution in [2.24, 2.45) is 5.73 Å². The number of anilines is 1. The van der Waals surface area contributed by atoms with Gasteiger partial charge in [0.15, 0.2) is 0 Å². The fourth-order valence-electron chi connectivity index (χ4n) is 2.26. The summed E-state index contributed by atoms with van der Waals surface area (Å²) in [6, 6.07) is 10.3. The number of benzene rings is 1. The van der Waals surface area contributed by atoms with E-state index >= 15 is 0 Å². The van der Waals surface area contributed by atoms with E-state index in [1.807, 2.05) is 19.1 Å². The third-order valence-corrected chi connectivity index (χ3v) is 3.56. The van der Waals surface area contributed by atoms with Crippen molar-refractivity contribution in [1.82, 2.24) is 4.98 Å². The molecule has 1 aromatic heterocycles. The average Bonchev–Trinajstić information content (AvgIpc) is 2.45. The molecule has 0 radical (unpaired) electrons. The number of aromatic nitrogens is 1. The first-order valence-corrected chi connectivity index (χ1v) is 7.10. The molecule has 0 spiro atoms. The van der Waals surface area contributed by atoms with Crippen molar-refractivity contribution in [2.75, 3.05) is 5.32 Å². The molecular formula is C16H19N3S. The lowest BCUT2D eigenvalue weighted by molar-refractivity contribution is 1.03. The summed E-state index contributed by atoms with van der Waals surface area (Å²) in [4.78, 5) is 4.73. The maximum atomic E-state index is 5.79. The van der Waals surface area contributed by atoms with E-state index in [-0.39, 0.29) is 0 Å². The average molecular weight is 285 g/mol. The van der Waals surface area contributed by atoms with Crippen LogP contribution in [0.3, 0.4) is 0 Å². The van der Waals surface area contributed by atoms with Gasteiger partial charge in [-0.15, -0.1) is 0 Å². The van der Waals surface area contributed by atoms with Gasteiger partial charge in [-0.05, 0) is 36.1 Å². The number of rotatable bonds is 5. The van der Waals surface area contributed by atoms with Crippen LogP contribution in [0.15, 0.2) is 36.5 Å². The standard InChI is InChI=1S/C16H19N3S/c1-3-12-6-4-5-7-13(12)10-19-16-14(15(17)20)11(2)8-9-18-16/h4-9H,3,10H2,1-2H3,(H2,17,20)(H,18,19). The molecule has 104 valence electrons. The highest BCUT2D eigenvalue weighted by atomic mass is 32.1. The Bertz CT molecular complexity index is 623. The highest BCUT2D eigenvalue weighted by Crippen LogP contribution is 2.18. The summed E-state index contributed by atoms with van der Waals surface area (Å²) in [7, 11) is 0. The smallest absolute Gasteiger partial charge is 0.136 e. The van der Waals surface area contributed by atoms with Crippen LogP contribution in [0.2, 0.25) is 0 Å². The normalized spacial score (nSPS) is 10.3. The van der Waals surface area contributed by atoms with Crippen molar-refractivity contribution in [3.63, 3.8) is 0 Å². The molecule has 1 heterocycles. The fraction of sp³-hybridized carbons (Fsp3) is 0.250. The van der Waals surface area contributed by atoms with Crippen molar-refractivity contribution in [3.05, 3.63) is 58.8 Å². The fourth-order valence-corrected chi connectivity index (χ4v) is 2.51. The van der Waals surface area contributed by atoms with Crippen LogP contribution in [0.1, 0.15) is 29.2 Å². The Labute approximate surface area is 125 Å². The molecule has 0 atom stereocenters. The van der Waals surface area contributed by atoms with Crippen molar-refractivity contribution in [3.8, 4) is 0 Å². The van der Waals surface area contributed by atoms with Gasteiger partial charge in [0, 0.05) is 12.7 Å². The highest BCUT2D eigenvalue weighted by Gasteiger charge is 2.10. The molecule has 1 aromatic carbocycles. The SMILES string of the molecule is CCc1ccccc1CNc1nccc(C)c1C(N)=S. The first-order chi connectivity index (χ1) is 9.63. The largest absolute Gasteiger partial charge is 0.389 e. The Morgan fingerprint density at radius 3 is 2.60 bits per heavy atom. The summed E-state index contributed by atoms with van der Waals surface area (Å²) in [5, 5.41) is 3.35. The van der Waals surface area contributed by atoms with Crippen LogP contribution in [0, 0.1) is 6.92 Å². The van der Waals surface area contributed by atoms with Gasteiger partial charge in [-0.2, -0.15) is 0 Å². The van der Waals surface area contributed by atoms with Gasteiger partial charge < -0.3 is 11.1 Å². The number of nitrogens with one attached hydrogen (secondary N) is 1. The van der Waals surface area contributed by atoms with Gasteiger partial charge in [-0.25, -0.2) is 4.98 Å². The van der Waals surface area contributed by atoms with Gasteiger partial charge in [0.1, 0.15) is 10.8 Å². The molecule has 2 aromatic rings. The zero-order valence-corrected chi connectivity index (χ0v) is 12.6. The number of hydrogen-bond donors (Lipinski definition) is 2. The maximum Gasteiger partial charge on any atom is 0.136 e. The Morgan fingerprint density at radius 2 is 1.95 bits per heavy atom. The monoisotopic (exact) mass is 285 g/mol. The lowest BCUT2D eigenvalue weighted by Crippen LogP contribution is -2.16. The molecule has 0 amide bonds. The lowest BCUT2D eigenvalue weighted by atomic mass is 10.1. The van der Waals surface area contributed by atoms with E-state index in [9.17, 15) is 0 Å². The lowest BCUT2D eigenvalue weighted by Gasteiger charge is -2.14. The maximum absolute atomic E-state index is 5.79. The van der Waals surface area contributed by atoms with E-state index in [1.165, 1.54) is 11.1 Å². The van der Waals surface area contributed by atoms with Crippen LogP contribution in [-0.4, -0.2) is 9.97 Å². The second-order valence-corrected chi connectivity index (χ2v) is 5.13. The molecule has 20 heavy (non-hydrogen) atoms. The summed E-state index contributed by atoms with van der Waals surface area (Å²) < 4.78 is 0. The highest BCUT2D eigenvalue weighted by molar-refractivity contribution is 7.80. The summed E-state index contributed by atoms with van der Waals surface area (Å²) in [5.41, 5.74) is 10.3. The Hall–Kier alpha value is -1.94. The van der Waals surface area contributed by atoms with E-state index in [4.69, 9.17) is 18.0 Å². The van der Waals surface area contributed by atoms with Crippen LogP contribution in [0.5, 0.6) is 0 Å². The van der Waals surface area contributed by atoms with Crippen LogP contribution in [-0.2, 0) is 13.0 Å². The molecule has 4 heteroatoms. The predicted molar refractivity (Wildman–Crippen MR) is 88.0 cm³/mol. The molecule has 0 fully saturated rings. The Balaban J connectivity index is 2.23. The zero-order valence-electron chi connectivity index (χ0n) is 11.8. The van der Waals surface area contributed by atoms with Crippen LogP contribution in [0.25, 0.3) is 0 Å². The van der Waals surface area contributed by atoms with E-state index in [0.717, 1.165) is 29.9 Å². The van der Waals surface area contributed by atoms with Gasteiger partial charge in [0.2, 0.25) is 0 Å². The number of pyridine rings is 1. The topological polar surface area (TPSA) is 50.9 Å². The summed E-state index contributed by atoms with van der Waals surface area (Å²) in [5.74, 6) is 0.753. The number of nitrogens with two attached hydrogens (primary N) is 1. The van der Waals surface area contributed by atoms with Crippen molar-refractivity contribution < 1.29 is 0 Å². The summed E-state index contributed by atoms with van der Waals surface area (Å²) >= 11 is 5.11. The second kappa shape index (κ2) is 6.48. The quantitative estimate of drug-likeness (QED) is 0.828. The minimum atomic E-state index is 0.377. The first-order valence-electron chi connectivity index (χ1n) is 6.69. The third kappa shape index (κ3) is 3.14. The van der Waals surface area contributed by atoms with E-state index in [0.29, 0.717) is 4.99 Å². The molecule has 3 N–H and O–H groups in total. The zero-order chi connectivity index (χ0) is 14.5. The van der Waals surface area contributed by atoms with Crippen LogP contribution in [0.4, 0.5) is 5.82 Å². The summed E-state index contributed by atoms with van der Waals surface area (Å²) in [6.07, 6.45) is 2.78. The predicted octanol–water partition coefficient (Wildman–Crippen LogP) is 3.20. The van der Waals surface area contributed by atoms with E-state index in [1.54, 1.807) is 6.20 Å². The number of nitrogens with zero attached hydrogens (tertiary/aromatic N) is 1. The molecule has 0 aliphatic carbocycles. The van der Waals surface area contributed by atoms with Gasteiger partial charge in [-0.3, -0.25) is 0 Å². The molecule has 0 bridgehead atoms. The van der Waals surface area contributed by atoms with Gasteiger partial charge in [-0.1, -0.05) is 43.4 Å². The van der Waals surface area contributed by atoms with Gasteiger partial charge >= 0.3 is 0 Å². The van der Waals surface area contributed by atoms with Crippen molar-refractivity contribution in [2.45, 2.75) is 26.8 Å². The molecule has 0 aliphatic rings. The van der Waals surface area contributed by atoms with Crippen molar-refractivity contribution in [1.29, 1.82) is 0 Å². The van der Waals surface area contributed by atoms with Gasteiger partial charge in [0.25, 0.3) is 0 Å². The minimum Gasteiger partial charge on any atom is -0.389 e. The molecule has 0 unspecified atom stereocenters. The number of thiocarbonyl (C=S) groups is 1. The molecule has 0 saturated carbocycles. The summed E-state index contributed by atoms with van der Waals surface area (Å²) in [6.45, 7) is 4.86. The molecule has 3 nitrogen and oxygen atoms in total. The number of aryl methyl sites for hydroxylation is 2. The number of hydrogen-bond acceptors (Lipinski definition) is 3. The van der Waals surface area contributed by atoms with Crippen LogP contribution >= 0.6 is 12.2 Å². The Morgan fingerprint density at radius 1 is 1.25 bits per heavy atom. The molecule has 0 saturated heterocycles. The van der Waals surface area contributed by atoms with E-state index in [2.05, 4.69) is 35.4 Å². The van der Waals surface area contributed by atoms with Crippen LogP contribution < -0.4 is 11.1 Å². The molecular weight excluding hydrogens is 266 g/mol. The molecule has 0 aliphatic heterocycles. The third-order valence-electron chi connectivity index (χ3n) is 3.35. The molecule has 2 rings (SSSR count). The Kier molecular flexibility index (Phi) is 4.69. The minimum absolute atomic E-state index is 0.377.